The number of imidazole rings is 1. The number of aromatic amines is 1. The van der Waals surface area contributed by atoms with Crippen LogP contribution in [-0.4, -0.2) is 26.8 Å². The van der Waals surface area contributed by atoms with E-state index >= 15 is 0 Å². The fourth-order valence-electron chi connectivity index (χ4n) is 4.34. The van der Waals surface area contributed by atoms with E-state index in [0.717, 1.165) is 42.5 Å². The minimum Gasteiger partial charge on any atom is -0.361 e. The lowest BCUT2D eigenvalue weighted by Crippen LogP contribution is -2.35. The molecule has 0 fully saturated rings. The maximum atomic E-state index is 12.8. The summed E-state index contributed by atoms with van der Waals surface area (Å²) in [5, 5.41) is 4.39. The van der Waals surface area contributed by atoms with E-state index in [0.29, 0.717) is 6.54 Å². The smallest absolute Gasteiger partial charge is 0.223 e. The third-order valence-electron chi connectivity index (χ3n) is 5.86. The van der Waals surface area contributed by atoms with Crippen molar-refractivity contribution in [3.63, 3.8) is 0 Å². The van der Waals surface area contributed by atoms with Crippen LogP contribution >= 0.6 is 0 Å². The van der Waals surface area contributed by atoms with Gasteiger partial charge in [-0.05, 0) is 49.4 Å². The maximum absolute atomic E-state index is 12.8. The molecule has 3 heterocycles. The van der Waals surface area contributed by atoms with Crippen molar-refractivity contribution >= 4 is 22.5 Å². The highest BCUT2D eigenvalue weighted by atomic mass is 16.1. The maximum Gasteiger partial charge on any atom is 0.223 e. The molecule has 1 unspecified atom stereocenters. The van der Waals surface area contributed by atoms with Gasteiger partial charge in [-0.3, -0.25) is 4.79 Å². The summed E-state index contributed by atoms with van der Waals surface area (Å²) in [5.41, 5.74) is 6.93. The Morgan fingerprint density at radius 1 is 1.29 bits per heavy atom. The van der Waals surface area contributed by atoms with Crippen LogP contribution in [0.3, 0.4) is 0 Å². The van der Waals surface area contributed by atoms with E-state index in [9.17, 15) is 4.79 Å². The number of fused-ring (bicyclic) bond motifs is 4. The lowest BCUT2D eigenvalue weighted by Gasteiger charge is -2.21. The molecule has 0 bridgehead atoms. The molecule has 0 aliphatic heterocycles. The second-order valence-corrected chi connectivity index (χ2v) is 7.78. The Balaban J connectivity index is 1.25. The average molecular weight is 372 g/mol. The quantitative estimate of drug-likeness (QED) is 0.575. The fourth-order valence-corrected chi connectivity index (χ4v) is 4.34. The molecule has 28 heavy (non-hydrogen) atoms. The molecule has 3 aromatic heterocycles. The normalized spacial score (nSPS) is 16.4. The summed E-state index contributed by atoms with van der Waals surface area (Å²) >= 11 is 0. The molecule has 1 amide bonds. The summed E-state index contributed by atoms with van der Waals surface area (Å²) in [5.74, 6) is 0.184. The van der Waals surface area contributed by atoms with E-state index in [-0.39, 0.29) is 11.8 Å². The van der Waals surface area contributed by atoms with Crippen LogP contribution in [0.25, 0.3) is 16.6 Å². The zero-order valence-electron chi connectivity index (χ0n) is 16.0. The van der Waals surface area contributed by atoms with Crippen molar-refractivity contribution in [2.75, 3.05) is 6.54 Å². The van der Waals surface area contributed by atoms with Crippen molar-refractivity contribution < 1.29 is 4.79 Å². The summed E-state index contributed by atoms with van der Waals surface area (Å²) in [4.78, 5) is 20.8. The first kappa shape index (κ1) is 17.0. The molecule has 5 rings (SSSR count). The summed E-state index contributed by atoms with van der Waals surface area (Å²) in [6.07, 6.45) is 7.51. The van der Waals surface area contributed by atoms with Crippen LogP contribution < -0.4 is 5.32 Å². The number of carbonyl (C=O) groups excluding carboxylic acids is 1. The van der Waals surface area contributed by atoms with Gasteiger partial charge in [0.2, 0.25) is 5.91 Å². The largest absolute Gasteiger partial charge is 0.361 e. The molecule has 142 valence electrons. The van der Waals surface area contributed by atoms with Crippen molar-refractivity contribution in [3.05, 3.63) is 71.3 Å². The molecule has 0 radical (unpaired) electrons. The van der Waals surface area contributed by atoms with Crippen LogP contribution in [0.4, 0.5) is 0 Å². The summed E-state index contributed by atoms with van der Waals surface area (Å²) in [7, 11) is 0. The van der Waals surface area contributed by atoms with E-state index in [4.69, 9.17) is 4.98 Å². The van der Waals surface area contributed by atoms with E-state index in [1.54, 1.807) is 0 Å². The summed E-state index contributed by atoms with van der Waals surface area (Å²) in [6, 6.07) is 12.4. The van der Waals surface area contributed by atoms with Gasteiger partial charge in [-0.15, -0.1) is 0 Å². The van der Waals surface area contributed by atoms with Gasteiger partial charge >= 0.3 is 0 Å². The number of nitrogens with one attached hydrogen (secondary N) is 2. The van der Waals surface area contributed by atoms with Gasteiger partial charge in [0.25, 0.3) is 0 Å². The predicted molar refractivity (Wildman–Crippen MR) is 110 cm³/mol. The zero-order chi connectivity index (χ0) is 19.1. The Morgan fingerprint density at radius 2 is 2.18 bits per heavy atom. The number of H-pyrrole nitrogens is 1. The Hall–Kier alpha value is -3.08. The molecule has 0 saturated carbocycles. The monoisotopic (exact) mass is 372 g/mol. The number of aromatic nitrogens is 3. The molecule has 1 aliphatic carbocycles. The van der Waals surface area contributed by atoms with Crippen molar-refractivity contribution in [3.8, 4) is 0 Å². The molecule has 0 saturated heterocycles. The first-order valence-corrected chi connectivity index (χ1v) is 9.98. The van der Waals surface area contributed by atoms with Crippen molar-refractivity contribution in [1.29, 1.82) is 0 Å². The van der Waals surface area contributed by atoms with Gasteiger partial charge in [0.15, 0.2) is 0 Å². The molecular formula is C23H24N4O. The standard InChI is InChI=1S/C23H24N4O/c1-15-6-9-22-26-20-8-7-16(12-21(20)27(22)14-15)23(28)24-11-10-17-13-25-19-5-3-2-4-18(17)19/h2-6,9,13-14,16,25H,7-8,10-12H2,1H3,(H,24,28). The van der Waals surface area contributed by atoms with Gasteiger partial charge in [-0.25, -0.2) is 4.98 Å². The number of aryl methyl sites for hydroxylation is 2. The highest BCUT2D eigenvalue weighted by Crippen LogP contribution is 2.27. The number of benzene rings is 1. The molecule has 2 N–H and O–H groups in total. The molecule has 1 aliphatic rings. The summed E-state index contributed by atoms with van der Waals surface area (Å²) < 4.78 is 2.16. The Kier molecular flexibility index (Phi) is 4.15. The molecular weight excluding hydrogens is 348 g/mol. The van der Waals surface area contributed by atoms with Gasteiger partial charge in [0.1, 0.15) is 5.65 Å². The molecule has 0 spiro atoms. The number of rotatable bonds is 4. The van der Waals surface area contributed by atoms with Crippen molar-refractivity contribution in [1.82, 2.24) is 19.7 Å². The number of hydrogen-bond donors (Lipinski definition) is 2. The fraction of sp³-hybridized carbons (Fsp3) is 0.304. The highest BCUT2D eigenvalue weighted by Gasteiger charge is 2.27. The lowest BCUT2D eigenvalue weighted by molar-refractivity contribution is -0.125. The average Bonchev–Trinajstić information content (AvgIpc) is 3.29. The third-order valence-corrected chi connectivity index (χ3v) is 5.86. The number of nitrogens with zero attached hydrogens (tertiary/aromatic N) is 2. The van der Waals surface area contributed by atoms with Crippen LogP contribution in [0.5, 0.6) is 0 Å². The van der Waals surface area contributed by atoms with E-state index in [1.807, 2.05) is 12.3 Å². The molecule has 1 aromatic carbocycles. The van der Waals surface area contributed by atoms with Gasteiger partial charge in [0.05, 0.1) is 5.69 Å². The predicted octanol–water partition coefficient (Wildman–Crippen LogP) is 3.59. The molecule has 4 aromatic rings. The van der Waals surface area contributed by atoms with Crippen molar-refractivity contribution in [2.45, 2.75) is 32.6 Å². The minimum absolute atomic E-state index is 0.0240. The third kappa shape index (κ3) is 2.97. The van der Waals surface area contributed by atoms with Crippen LogP contribution in [0.15, 0.2) is 48.8 Å². The topological polar surface area (TPSA) is 62.2 Å². The molecule has 5 nitrogen and oxygen atoms in total. The molecule has 5 heteroatoms. The number of amides is 1. The Morgan fingerprint density at radius 3 is 3.11 bits per heavy atom. The van der Waals surface area contributed by atoms with Gasteiger partial charge in [0, 0.05) is 47.9 Å². The number of carbonyl (C=O) groups is 1. The Labute approximate surface area is 163 Å². The van der Waals surface area contributed by atoms with Crippen LogP contribution in [0.2, 0.25) is 0 Å². The van der Waals surface area contributed by atoms with Gasteiger partial charge < -0.3 is 14.7 Å². The van der Waals surface area contributed by atoms with Crippen LogP contribution in [0, 0.1) is 12.8 Å². The number of pyridine rings is 1. The first-order chi connectivity index (χ1) is 13.7. The number of hydrogen-bond acceptors (Lipinski definition) is 2. The Bertz CT molecular complexity index is 1170. The van der Waals surface area contributed by atoms with E-state index < -0.39 is 0 Å². The second-order valence-electron chi connectivity index (χ2n) is 7.78. The second kappa shape index (κ2) is 6.82. The van der Waals surface area contributed by atoms with E-state index in [1.165, 1.54) is 22.2 Å². The summed E-state index contributed by atoms with van der Waals surface area (Å²) in [6.45, 7) is 2.75. The first-order valence-electron chi connectivity index (χ1n) is 9.98. The molecule has 1 atom stereocenters. The van der Waals surface area contributed by atoms with Gasteiger partial charge in [-0.2, -0.15) is 0 Å². The van der Waals surface area contributed by atoms with Crippen molar-refractivity contribution in [2.24, 2.45) is 5.92 Å². The zero-order valence-corrected chi connectivity index (χ0v) is 16.0. The van der Waals surface area contributed by atoms with E-state index in [2.05, 4.69) is 58.2 Å². The highest BCUT2D eigenvalue weighted by molar-refractivity contribution is 5.83. The SMILES string of the molecule is Cc1ccc2nc3c(n2c1)CC(C(=O)NCCc1c[nH]c2ccccc12)CC3. The van der Waals surface area contributed by atoms with Crippen LogP contribution in [-0.2, 0) is 24.1 Å². The van der Waals surface area contributed by atoms with Crippen LogP contribution in [0.1, 0.15) is 28.9 Å². The van der Waals surface area contributed by atoms with Gasteiger partial charge in [-0.1, -0.05) is 24.3 Å². The lowest BCUT2D eigenvalue weighted by atomic mass is 9.89. The minimum atomic E-state index is 0.0240. The number of para-hydroxylation sites is 1.